The maximum atomic E-state index is 6.08. The van der Waals surface area contributed by atoms with Gasteiger partial charge in [-0.3, -0.25) is 0 Å². The average molecular weight is 325 g/mol. The fraction of sp³-hybridized carbons (Fsp3) is 0.438. The summed E-state index contributed by atoms with van der Waals surface area (Å²) in [6.45, 7) is 8.59. The van der Waals surface area contributed by atoms with Crippen LogP contribution in [-0.4, -0.2) is 11.5 Å². The molecule has 0 fully saturated rings. The summed E-state index contributed by atoms with van der Waals surface area (Å²) in [5, 5.41) is 7.24. The van der Waals surface area contributed by atoms with Crippen molar-refractivity contribution in [1.82, 2.24) is 10.3 Å². The molecule has 0 saturated heterocycles. The molecule has 5 heteroatoms. The molecule has 2 aromatic rings. The van der Waals surface area contributed by atoms with Crippen LogP contribution in [0.3, 0.4) is 0 Å². The first-order chi connectivity index (χ1) is 10.0. The Morgan fingerprint density at radius 1 is 1.38 bits per heavy atom. The summed E-state index contributed by atoms with van der Waals surface area (Å²) in [5.74, 6) is 1.48. The van der Waals surface area contributed by atoms with Gasteiger partial charge in [-0.25, -0.2) is 4.98 Å². The monoisotopic (exact) mass is 324 g/mol. The Morgan fingerprint density at radius 2 is 2.19 bits per heavy atom. The van der Waals surface area contributed by atoms with Gasteiger partial charge in [0.05, 0.1) is 10.7 Å². The minimum absolute atomic E-state index is 0.489. The van der Waals surface area contributed by atoms with E-state index in [4.69, 9.17) is 16.3 Å². The molecule has 0 aliphatic carbocycles. The van der Waals surface area contributed by atoms with Gasteiger partial charge in [0.15, 0.2) is 0 Å². The van der Waals surface area contributed by atoms with Crippen LogP contribution >= 0.6 is 22.9 Å². The van der Waals surface area contributed by atoms with Crippen LogP contribution in [0.15, 0.2) is 23.6 Å². The molecular weight excluding hydrogens is 304 g/mol. The second-order valence-electron chi connectivity index (χ2n) is 5.42. The largest absolute Gasteiger partial charge is 0.487 e. The Morgan fingerprint density at radius 3 is 2.86 bits per heavy atom. The second-order valence-corrected chi connectivity index (χ2v) is 6.92. The van der Waals surface area contributed by atoms with Crippen molar-refractivity contribution >= 4 is 22.9 Å². The molecule has 1 N–H and O–H groups in total. The second kappa shape index (κ2) is 7.78. The van der Waals surface area contributed by atoms with Crippen molar-refractivity contribution in [3.8, 4) is 5.75 Å². The Bertz CT molecular complexity index is 583. The maximum Gasteiger partial charge on any atom is 0.131 e. The molecule has 2 rings (SSSR count). The Kier molecular flexibility index (Phi) is 6.03. The summed E-state index contributed by atoms with van der Waals surface area (Å²) in [4.78, 5) is 4.41. The number of nitrogens with one attached hydrogen (secondary N) is 1. The number of hydrogen-bond donors (Lipinski definition) is 1. The lowest BCUT2D eigenvalue weighted by Crippen LogP contribution is -2.19. The molecule has 114 valence electrons. The highest BCUT2D eigenvalue weighted by Gasteiger charge is 2.07. The van der Waals surface area contributed by atoms with Gasteiger partial charge < -0.3 is 10.1 Å². The number of ether oxygens (including phenoxy) is 1. The van der Waals surface area contributed by atoms with E-state index in [0.29, 0.717) is 12.5 Å². The van der Waals surface area contributed by atoms with Crippen molar-refractivity contribution in [2.24, 2.45) is 5.92 Å². The first-order valence-corrected chi connectivity index (χ1v) is 8.33. The number of hydrogen-bond acceptors (Lipinski definition) is 4. The third-order valence-corrected chi connectivity index (χ3v) is 3.99. The summed E-state index contributed by atoms with van der Waals surface area (Å²) < 4.78 is 5.89. The molecule has 0 aliphatic heterocycles. The number of halogens is 1. The van der Waals surface area contributed by atoms with Crippen LogP contribution < -0.4 is 10.1 Å². The molecule has 1 aromatic heterocycles. The molecule has 0 saturated carbocycles. The molecule has 0 aliphatic rings. The minimum Gasteiger partial charge on any atom is -0.487 e. The molecule has 0 spiro atoms. The number of benzene rings is 1. The predicted octanol–water partition coefficient (Wildman–Crippen LogP) is 4.43. The lowest BCUT2D eigenvalue weighted by atomic mass is 10.2. The van der Waals surface area contributed by atoms with Gasteiger partial charge >= 0.3 is 0 Å². The van der Waals surface area contributed by atoms with Gasteiger partial charge in [-0.05, 0) is 37.6 Å². The number of aryl methyl sites for hydroxylation is 1. The Labute approximate surface area is 135 Å². The van der Waals surface area contributed by atoms with Crippen LogP contribution in [0.2, 0.25) is 5.02 Å². The SMILES string of the molecule is Cc1nc(COc2ccc(Cl)cc2CNCC(C)C)cs1. The molecular formula is C16H21ClN2OS. The van der Waals surface area contributed by atoms with Gasteiger partial charge in [-0.1, -0.05) is 25.4 Å². The molecule has 1 heterocycles. The van der Waals surface area contributed by atoms with Crippen LogP contribution in [0.4, 0.5) is 0 Å². The van der Waals surface area contributed by atoms with E-state index in [1.807, 2.05) is 30.5 Å². The lowest BCUT2D eigenvalue weighted by molar-refractivity contribution is 0.298. The quantitative estimate of drug-likeness (QED) is 0.818. The Hall–Kier alpha value is -1.10. The zero-order valence-corrected chi connectivity index (χ0v) is 14.2. The molecule has 0 unspecified atom stereocenters. The first kappa shape index (κ1) is 16.3. The summed E-state index contributed by atoms with van der Waals surface area (Å²) >= 11 is 7.72. The van der Waals surface area contributed by atoms with E-state index in [1.54, 1.807) is 11.3 Å². The van der Waals surface area contributed by atoms with Crippen LogP contribution in [0, 0.1) is 12.8 Å². The first-order valence-electron chi connectivity index (χ1n) is 7.07. The molecule has 0 atom stereocenters. The van der Waals surface area contributed by atoms with E-state index in [-0.39, 0.29) is 0 Å². The lowest BCUT2D eigenvalue weighted by Gasteiger charge is -2.13. The highest BCUT2D eigenvalue weighted by Crippen LogP contribution is 2.24. The molecule has 21 heavy (non-hydrogen) atoms. The van der Waals surface area contributed by atoms with Crippen molar-refractivity contribution in [1.29, 1.82) is 0 Å². The van der Waals surface area contributed by atoms with Crippen LogP contribution in [0.1, 0.15) is 30.1 Å². The highest BCUT2D eigenvalue weighted by molar-refractivity contribution is 7.09. The number of nitrogens with zero attached hydrogens (tertiary/aromatic N) is 1. The van der Waals surface area contributed by atoms with Gasteiger partial charge in [-0.15, -0.1) is 11.3 Å². The topological polar surface area (TPSA) is 34.1 Å². The van der Waals surface area contributed by atoms with E-state index >= 15 is 0 Å². The van der Waals surface area contributed by atoms with E-state index in [1.165, 1.54) is 0 Å². The smallest absolute Gasteiger partial charge is 0.131 e. The van der Waals surface area contributed by atoms with E-state index in [9.17, 15) is 0 Å². The van der Waals surface area contributed by atoms with Crippen molar-refractivity contribution in [3.05, 3.63) is 44.9 Å². The van der Waals surface area contributed by atoms with Crippen molar-refractivity contribution in [3.63, 3.8) is 0 Å². The average Bonchev–Trinajstić information content (AvgIpc) is 2.83. The van der Waals surface area contributed by atoms with Crippen molar-refractivity contribution in [2.75, 3.05) is 6.54 Å². The van der Waals surface area contributed by atoms with Crippen LogP contribution in [0.25, 0.3) is 0 Å². The molecule has 0 radical (unpaired) electrons. The Balaban J connectivity index is 2.00. The summed E-state index contributed by atoms with van der Waals surface area (Å²) in [5.41, 5.74) is 2.05. The fourth-order valence-electron chi connectivity index (χ4n) is 1.95. The number of aromatic nitrogens is 1. The van der Waals surface area contributed by atoms with E-state index < -0.39 is 0 Å². The normalized spacial score (nSPS) is 11.1. The molecule has 0 bridgehead atoms. The zero-order chi connectivity index (χ0) is 15.2. The maximum absolute atomic E-state index is 6.08. The summed E-state index contributed by atoms with van der Waals surface area (Å²) in [7, 11) is 0. The van der Waals surface area contributed by atoms with Crippen molar-refractivity contribution < 1.29 is 4.74 Å². The predicted molar refractivity (Wildman–Crippen MR) is 89.2 cm³/mol. The van der Waals surface area contributed by atoms with Crippen LogP contribution in [-0.2, 0) is 13.2 Å². The van der Waals surface area contributed by atoms with E-state index in [0.717, 1.165) is 40.1 Å². The van der Waals surface area contributed by atoms with Gasteiger partial charge in [0.25, 0.3) is 0 Å². The number of thiazole rings is 1. The van der Waals surface area contributed by atoms with Gasteiger partial charge in [0.1, 0.15) is 12.4 Å². The summed E-state index contributed by atoms with van der Waals surface area (Å²) in [6.07, 6.45) is 0. The van der Waals surface area contributed by atoms with Gasteiger partial charge in [0.2, 0.25) is 0 Å². The number of rotatable bonds is 7. The molecule has 3 nitrogen and oxygen atoms in total. The third kappa shape index (κ3) is 5.30. The minimum atomic E-state index is 0.489. The summed E-state index contributed by atoms with van der Waals surface area (Å²) in [6, 6.07) is 5.74. The molecule has 0 amide bonds. The fourth-order valence-corrected chi connectivity index (χ4v) is 2.74. The highest BCUT2D eigenvalue weighted by atomic mass is 35.5. The van der Waals surface area contributed by atoms with Crippen LogP contribution in [0.5, 0.6) is 5.75 Å². The van der Waals surface area contributed by atoms with E-state index in [2.05, 4.69) is 24.1 Å². The van der Waals surface area contributed by atoms with Gasteiger partial charge in [-0.2, -0.15) is 0 Å². The van der Waals surface area contributed by atoms with Gasteiger partial charge in [0, 0.05) is 22.5 Å². The van der Waals surface area contributed by atoms with Crippen molar-refractivity contribution in [2.45, 2.75) is 33.9 Å². The third-order valence-electron chi connectivity index (χ3n) is 2.93. The zero-order valence-electron chi connectivity index (χ0n) is 12.6. The standard InChI is InChI=1S/C16H21ClN2OS/c1-11(2)7-18-8-13-6-14(17)4-5-16(13)20-9-15-10-21-12(3)19-15/h4-6,10-11,18H,7-9H2,1-3H3. The molecule has 1 aromatic carbocycles.